The summed E-state index contributed by atoms with van der Waals surface area (Å²) in [4.78, 5) is 13.7. The minimum Gasteiger partial charge on any atom is -0.337 e. The van der Waals surface area contributed by atoms with Crippen LogP contribution in [0, 0.1) is 18.6 Å². The van der Waals surface area contributed by atoms with Crippen LogP contribution >= 0.6 is 0 Å². The number of hydrogen-bond acceptors (Lipinski definition) is 2. The lowest BCUT2D eigenvalue weighted by molar-refractivity contribution is 0.0761. The van der Waals surface area contributed by atoms with E-state index in [4.69, 9.17) is 0 Å². The van der Waals surface area contributed by atoms with Crippen LogP contribution in [-0.2, 0) is 0 Å². The van der Waals surface area contributed by atoms with Gasteiger partial charge in [-0.05, 0) is 37.6 Å². The van der Waals surface area contributed by atoms with Gasteiger partial charge in [-0.25, -0.2) is 8.78 Å². The molecule has 0 saturated carbocycles. The zero-order valence-electron chi connectivity index (χ0n) is 10.3. The molecule has 1 heterocycles. The summed E-state index contributed by atoms with van der Waals surface area (Å²) in [5.74, 6) is -1.64. The molecule has 3 nitrogen and oxygen atoms in total. The van der Waals surface area contributed by atoms with E-state index in [0.29, 0.717) is 19.6 Å². The quantitative estimate of drug-likeness (QED) is 0.827. The molecule has 5 heteroatoms. The van der Waals surface area contributed by atoms with Crippen molar-refractivity contribution in [3.05, 3.63) is 34.9 Å². The lowest BCUT2D eigenvalue weighted by atomic mass is 10.1. The molecule has 1 aromatic carbocycles. The zero-order valence-corrected chi connectivity index (χ0v) is 10.3. The molecule has 1 fully saturated rings. The molecule has 0 aliphatic carbocycles. The van der Waals surface area contributed by atoms with E-state index in [1.165, 1.54) is 6.92 Å². The Balaban J connectivity index is 2.24. The molecule has 1 N–H and O–H groups in total. The Hall–Kier alpha value is -1.49. The van der Waals surface area contributed by atoms with Crippen molar-refractivity contribution in [1.29, 1.82) is 0 Å². The standard InChI is InChI=1S/C13H16F2N2O/c1-9-7-12(15)10(8-11(9)14)13(18)17-5-2-3-16-4-6-17/h7-8,16H,2-6H2,1H3. The summed E-state index contributed by atoms with van der Waals surface area (Å²) < 4.78 is 27.1. The Bertz CT molecular complexity index is 455. The number of benzene rings is 1. The van der Waals surface area contributed by atoms with Crippen LogP contribution in [0.1, 0.15) is 22.3 Å². The van der Waals surface area contributed by atoms with Gasteiger partial charge < -0.3 is 10.2 Å². The second-order valence-electron chi connectivity index (χ2n) is 4.48. The van der Waals surface area contributed by atoms with Crippen molar-refractivity contribution in [2.45, 2.75) is 13.3 Å². The van der Waals surface area contributed by atoms with Crippen molar-refractivity contribution < 1.29 is 13.6 Å². The number of hydrogen-bond donors (Lipinski definition) is 1. The van der Waals surface area contributed by atoms with Crippen LogP contribution in [0.2, 0.25) is 0 Å². The van der Waals surface area contributed by atoms with Crippen LogP contribution in [0.15, 0.2) is 12.1 Å². The normalized spacial score (nSPS) is 16.5. The van der Waals surface area contributed by atoms with Crippen molar-refractivity contribution in [2.24, 2.45) is 0 Å². The van der Waals surface area contributed by atoms with Gasteiger partial charge in [-0.2, -0.15) is 0 Å². The van der Waals surface area contributed by atoms with Gasteiger partial charge in [0, 0.05) is 19.6 Å². The summed E-state index contributed by atoms with van der Waals surface area (Å²) in [6, 6.07) is 2.06. The molecule has 0 bridgehead atoms. The average Bonchev–Trinajstić information content (AvgIpc) is 2.61. The Kier molecular flexibility index (Phi) is 3.91. The summed E-state index contributed by atoms with van der Waals surface area (Å²) in [6.07, 6.45) is 0.821. The molecule has 0 unspecified atom stereocenters. The molecular weight excluding hydrogens is 238 g/mol. The average molecular weight is 254 g/mol. The van der Waals surface area contributed by atoms with E-state index in [1.807, 2.05) is 0 Å². The van der Waals surface area contributed by atoms with E-state index < -0.39 is 17.5 Å². The summed E-state index contributed by atoms with van der Waals surface area (Å²) >= 11 is 0. The fourth-order valence-corrected chi connectivity index (χ4v) is 2.03. The number of nitrogens with one attached hydrogen (secondary N) is 1. The van der Waals surface area contributed by atoms with Crippen molar-refractivity contribution in [3.63, 3.8) is 0 Å². The highest BCUT2D eigenvalue weighted by Crippen LogP contribution is 2.16. The Labute approximate surface area is 105 Å². The second kappa shape index (κ2) is 5.44. The monoisotopic (exact) mass is 254 g/mol. The van der Waals surface area contributed by atoms with Crippen LogP contribution in [-0.4, -0.2) is 37.0 Å². The molecule has 18 heavy (non-hydrogen) atoms. The van der Waals surface area contributed by atoms with E-state index in [2.05, 4.69) is 5.32 Å². The minimum absolute atomic E-state index is 0.181. The number of aryl methyl sites for hydroxylation is 1. The van der Waals surface area contributed by atoms with Gasteiger partial charge in [0.25, 0.3) is 5.91 Å². The molecule has 2 rings (SSSR count). The van der Waals surface area contributed by atoms with Crippen LogP contribution in [0.25, 0.3) is 0 Å². The predicted octanol–water partition coefficient (Wildman–Crippen LogP) is 1.71. The van der Waals surface area contributed by atoms with Gasteiger partial charge in [0.1, 0.15) is 11.6 Å². The number of carbonyl (C=O) groups excluding carboxylic acids is 1. The van der Waals surface area contributed by atoms with Crippen molar-refractivity contribution in [2.75, 3.05) is 26.2 Å². The van der Waals surface area contributed by atoms with E-state index in [1.54, 1.807) is 4.90 Å². The van der Waals surface area contributed by atoms with Gasteiger partial charge in [-0.1, -0.05) is 0 Å². The van der Waals surface area contributed by atoms with Crippen LogP contribution in [0.5, 0.6) is 0 Å². The highest BCUT2D eigenvalue weighted by atomic mass is 19.1. The Morgan fingerprint density at radius 2 is 2.00 bits per heavy atom. The lowest BCUT2D eigenvalue weighted by Gasteiger charge is -2.20. The molecule has 1 aliphatic rings. The molecule has 1 aromatic rings. The molecule has 0 spiro atoms. The van der Waals surface area contributed by atoms with Crippen LogP contribution in [0.3, 0.4) is 0 Å². The topological polar surface area (TPSA) is 32.3 Å². The highest BCUT2D eigenvalue weighted by Gasteiger charge is 2.21. The smallest absolute Gasteiger partial charge is 0.256 e. The second-order valence-corrected chi connectivity index (χ2v) is 4.48. The lowest BCUT2D eigenvalue weighted by Crippen LogP contribution is -2.34. The largest absolute Gasteiger partial charge is 0.337 e. The van der Waals surface area contributed by atoms with E-state index in [0.717, 1.165) is 25.1 Å². The molecule has 0 radical (unpaired) electrons. The molecule has 98 valence electrons. The van der Waals surface area contributed by atoms with Gasteiger partial charge in [0.05, 0.1) is 5.56 Å². The summed E-state index contributed by atoms with van der Waals surface area (Å²) in [6.45, 7) is 4.09. The fourth-order valence-electron chi connectivity index (χ4n) is 2.03. The number of halogens is 2. The van der Waals surface area contributed by atoms with Gasteiger partial charge in [0.2, 0.25) is 0 Å². The first kappa shape index (κ1) is 13.0. The number of amides is 1. The molecule has 1 amide bonds. The highest BCUT2D eigenvalue weighted by molar-refractivity contribution is 5.94. The SMILES string of the molecule is Cc1cc(F)c(C(=O)N2CCCNCC2)cc1F. The first-order valence-electron chi connectivity index (χ1n) is 6.05. The number of carbonyl (C=O) groups is 1. The first-order valence-corrected chi connectivity index (χ1v) is 6.05. The van der Waals surface area contributed by atoms with Gasteiger partial charge in [0.15, 0.2) is 0 Å². The maximum Gasteiger partial charge on any atom is 0.256 e. The van der Waals surface area contributed by atoms with Gasteiger partial charge in [-0.3, -0.25) is 4.79 Å². The molecule has 0 aromatic heterocycles. The zero-order chi connectivity index (χ0) is 13.1. The van der Waals surface area contributed by atoms with E-state index in [9.17, 15) is 13.6 Å². The molecule has 0 atom stereocenters. The summed E-state index contributed by atoms with van der Waals surface area (Å²) in [7, 11) is 0. The van der Waals surface area contributed by atoms with Gasteiger partial charge >= 0.3 is 0 Å². The molecule has 1 aliphatic heterocycles. The van der Waals surface area contributed by atoms with Crippen molar-refractivity contribution >= 4 is 5.91 Å². The number of nitrogens with zero attached hydrogens (tertiary/aromatic N) is 1. The third-order valence-corrected chi connectivity index (χ3v) is 3.11. The maximum atomic E-state index is 13.7. The fraction of sp³-hybridized carbons (Fsp3) is 0.462. The van der Waals surface area contributed by atoms with Crippen LogP contribution in [0.4, 0.5) is 8.78 Å². The van der Waals surface area contributed by atoms with E-state index in [-0.39, 0.29) is 11.1 Å². The Morgan fingerprint density at radius 1 is 1.22 bits per heavy atom. The van der Waals surface area contributed by atoms with E-state index >= 15 is 0 Å². The third-order valence-electron chi connectivity index (χ3n) is 3.11. The van der Waals surface area contributed by atoms with Crippen LogP contribution < -0.4 is 5.32 Å². The maximum absolute atomic E-state index is 13.7. The van der Waals surface area contributed by atoms with Gasteiger partial charge in [-0.15, -0.1) is 0 Å². The molecular formula is C13H16F2N2O. The molecule has 1 saturated heterocycles. The van der Waals surface area contributed by atoms with Crippen molar-refractivity contribution in [1.82, 2.24) is 10.2 Å². The van der Waals surface area contributed by atoms with Crippen molar-refractivity contribution in [3.8, 4) is 0 Å². The summed E-state index contributed by atoms with van der Waals surface area (Å²) in [5.41, 5.74) is 0.0292. The number of rotatable bonds is 1. The first-order chi connectivity index (χ1) is 8.59. The Morgan fingerprint density at radius 3 is 2.78 bits per heavy atom. The summed E-state index contributed by atoms with van der Waals surface area (Å²) in [5, 5.41) is 3.16. The minimum atomic E-state index is -0.656. The predicted molar refractivity (Wildman–Crippen MR) is 64.5 cm³/mol. The third kappa shape index (κ3) is 2.67.